The fourth-order valence-corrected chi connectivity index (χ4v) is 5.67. The van der Waals surface area contributed by atoms with Gasteiger partial charge in [0.25, 0.3) is 0 Å². The molecule has 0 aromatic carbocycles. The third-order valence-corrected chi connectivity index (χ3v) is 10.8. The Balaban J connectivity index is -0.0000000502. The molecule has 0 N–H and O–H groups in total. The highest BCUT2D eigenvalue weighted by Gasteiger charge is 1.90. The van der Waals surface area contributed by atoms with Crippen molar-refractivity contribution in [1.29, 1.82) is 0 Å². The van der Waals surface area contributed by atoms with E-state index in [-0.39, 0.29) is 0 Å². The molecule has 612 valence electrons. The van der Waals surface area contributed by atoms with E-state index in [0.717, 1.165) is 210 Å². The van der Waals surface area contributed by atoms with Crippen LogP contribution in [0.25, 0.3) is 0 Å². The van der Waals surface area contributed by atoms with Crippen LogP contribution < -0.4 is 0 Å². The van der Waals surface area contributed by atoms with Crippen LogP contribution >= 0.6 is 0 Å². The summed E-state index contributed by atoms with van der Waals surface area (Å²) >= 11 is 0. The van der Waals surface area contributed by atoms with Gasteiger partial charge in [0, 0.05) is 0 Å². The first kappa shape index (κ1) is 140. The molecule has 0 spiro atoms. The van der Waals surface area contributed by atoms with E-state index in [1.807, 2.05) is 103 Å². The number of hydrogen-bond donors (Lipinski definition) is 0. The standard InChI is InChI=1S/17C6H12/c17*1-4-5-6(2)3/h17*4,6H,1,5H2,2-3H3. The van der Waals surface area contributed by atoms with Crippen molar-refractivity contribution < 1.29 is 0 Å². The highest BCUT2D eigenvalue weighted by molar-refractivity contribution is 4.75. The predicted octanol–water partition coefficient (Wildman–Crippen LogP) is 37.7. The zero-order chi connectivity index (χ0) is 84.9. The first-order chi connectivity index (χ1) is 47.1. The Bertz CT molecular complexity index is 1090. The van der Waals surface area contributed by atoms with Gasteiger partial charge in [-0.1, -0.05) is 339 Å². The lowest BCUT2D eigenvalue weighted by atomic mass is 10.1. The molecule has 0 unspecified atom stereocenters. The Morgan fingerprint density at radius 3 is 0.127 bits per heavy atom. The summed E-state index contributed by atoms with van der Waals surface area (Å²) in [5.74, 6) is 13.3. The van der Waals surface area contributed by atoms with Crippen LogP contribution in [-0.2, 0) is 0 Å². The van der Waals surface area contributed by atoms with Crippen molar-refractivity contribution in [2.75, 3.05) is 0 Å². The second-order valence-electron chi connectivity index (χ2n) is 32.6. The largest absolute Gasteiger partial charge is 0.103 e. The van der Waals surface area contributed by atoms with Gasteiger partial charge in [0.15, 0.2) is 0 Å². The van der Waals surface area contributed by atoms with E-state index in [1.54, 1.807) is 0 Å². The molecule has 0 saturated carbocycles. The van der Waals surface area contributed by atoms with E-state index in [9.17, 15) is 0 Å². The van der Waals surface area contributed by atoms with Gasteiger partial charge in [-0.15, -0.1) is 112 Å². The molecule has 0 bridgehead atoms. The SMILES string of the molecule is C=CCC(C)C.C=CCC(C)C.C=CCC(C)C.C=CCC(C)C.C=CCC(C)C.C=CCC(C)C.C=CCC(C)C.C=CCC(C)C.C=CCC(C)C.C=CCC(C)C.C=CCC(C)C.C=CCC(C)C.C=CCC(C)C.C=CCC(C)C.C=CCC(C)C.C=CCC(C)C.C=CCC(C)C. The molecule has 0 aromatic rings. The molecule has 0 fully saturated rings. The van der Waals surface area contributed by atoms with Crippen LogP contribution in [0.15, 0.2) is 215 Å². The second-order valence-corrected chi connectivity index (χ2v) is 32.6. The summed E-state index contributed by atoms with van der Waals surface area (Å²) in [6, 6.07) is 0. The fourth-order valence-electron chi connectivity index (χ4n) is 5.67. The number of allylic oxidation sites excluding steroid dienone is 17. The molecule has 0 heterocycles. The Kier molecular flexibility index (Phi) is 187. The second kappa shape index (κ2) is 136. The molecule has 0 amide bonds. The zero-order valence-corrected chi connectivity index (χ0v) is 77.7. The summed E-state index contributed by atoms with van der Waals surface area (Å²) in [6.45, 7) is 135. The summed E-state index contributed by atoms with van der Waals surface area (Å²) in [5.41, 5.74) is 0. The van der Waals surface area contributed by atoms with Crippen molar-refractivity contribution in [3.05, 3.63) is 215 Å². The van der Waals surface area contributed by atoms with Gasteiger partial charge in [0.2, 0.25) is 0 Å². The summed E-state index contributed by atoms with van der Waals surface area (Å²) < 4.78 is 0. The Labute approximate surface area is 656 Å². The number of hydrogen-bond acceptors (Lipinski definition) is 0. The Hall–Kier alpha value is -4.42. The van der Waals surface area contributed by atoms with Crippen LogP contribution in [-0.4, -0.2) is 0 Å². The van der Waals surface area contributed by atoms with Crippen molar-refractivity contribution in [2.45, 2.75) is 345 Å². The van der Waals surface area contributed by atoms with Crippen molar-refractivity contribution in [2.24, 2.45) is 101 Å². The molecule has 0 rings (SSSR count). The van der Waals surface area contributed by atoms with Crippen LogP contribution in [0.5, 0.6) is 0 Å². The third-order valence-electron chi connectivity index (χ3n) is 10.8. The van der Waals surface area contributed by atoms with Gasteiger partial charge in [0.1, 0.15) is 0 Å². The molecule has 0 aromatic heterocycles. The van der Waals surface area contributed by atoms with Crippen molar-refractivity contribution in [1.82, 2.24) is 0 Å². The van der Waals surface area contributed by atoms with Gasteiger partial charge in [-0.3, -0.25) is 0 Å². The van der Waals surface area contributed by atoms with Gasteiger partial charge in [0.05, 0.1) is 0 Å². The summed E-state index contributed by atoms with van der Waals surface area (Å²) in [7, 11) is 0. The van der Waals surface area contributed by atoms with E-state index < -0.39 is 0 Å². The molecular formula is C102H204. The van der Waals surface area contributed by atoms with Crippen LogP contribution in [0, 0.1) is 101 Å². The Morgan fingerprint density at radius 2 is 0.127 bits per heavy atom. The molecule has 0 aliphatic carbocycles. The maximum absolute atomic E-state index is 3.60. The average molecular weight is 1430 g/mol. The van der Waals surface area contributed by atoms with Crippen molar-refractivity contribution >= 4 is 0 Å². The van der Waals surface area contributed by atoms with E-state index in [1.165, 1.54) is 0 Å². The molecular weight excluding hydrogens is 1230 g/mol. The van der Waals surface area contributed by atoms with Crippen molar-refractivity contribution in [3.63, 3.8) is 0 Å². The minimum atomic E-state index is 0.780. The van der Waals surface area contributed by atoms with Crippen molar-refractivity contribution in [3.8, 4) is 0 Å². The van der Waals surface area contributed by atoms with Crippen LogP contribution in [0.2, 0.25) is 0 Å². The topological polar surface area (TPSA) is 0 Å². The molecule has 0 radical (unpaired) electrons. The number of rotatable bonds is 34. The highest BCUT2D eigenvalue weighted by atomic mass is 14.0. The monoisotopic (exact) mass is 1430 g/mol. The molecule has 0 aliphatic heterocycles. The van der Waals surface area contributed by atoms with Gasteiger partial charge < -0.3 is 0 Å². The van der Waals surface area contributed by atoms with E-state index in [4.69, 9.17) is 0 Å². The molecule has 0 heteroatoms. The van der Waals surface area contributed by atoms with Gasteiger partial charge in [-0.25, -0.2) is 0 Å². The van der Waals surface area contributed by atoms with Gasteiger partial charge >= 0.3 is 0 Å². The summed E-state index contributed by atoms with van der Waals surface area (Å²) in [4.78, 5) is 0. The summed E-state index contributed by atoms with van der Waals surface area (Å²) in [5, 5.41) is 0. The smallest absolute Gasteiger partial charge is 0.0330 e. The lowest BCUT2D eigenvalue weighted by Gasteiger charge is -1.92. The fraction of sp³-hybridized carbons (Fsp3) is 0.667. The summed E-state index contributed by atoms with van der Waals surface area (Å²) in [6.07, 6.45) is 52.5. The molecule has 0 saturated heterocycles. The Morgan fingerprint density at radius 1 is 0.0980 bits per heavy atom. The predicted molar refractivity (Wildman–Crippen MR) is 504 cm³/mol. The lowest BCUT2D eigenvalue weighted by Crippen LogP contribution is -1.78. The van der Waals surface area contributed by atoms with E-state index in [0.29, 0.717) is 0 Å². The molecule has 102 heavy (non-hydrogen) atoms. The maximum Gasteiger partial charge on any atom is -0.0330 e. The lowest BCUT2D eigenvalue weighted by molar-refractivity contribution is 0.664. The van der Waals surface area contributed by atoms with Gasteiger partial charge in [-0.05, 0) is 210 Å². The van der Waals surface area contributed by atoms with Gasteiger partial charge in [-0.2, -0.15) is 0 Å². The minimum Gasteiger partial charge on any atom is -0.103 e. The quantitative estimate of drug-likeness (QED) is 0.0564. The first-order valence-corrected chi connectivity index (χ1v) is 40.5. The minimum absolute atomic E-state index is 0.780. The third kappa shape index (κ3) is 394. The average Bonchev–Trinajstić information content (AvgIpc) is 3.45. The zero-order valence-electron chi connectivity index (χ0n) is 77.7. The normalized spacial score (nSPS) is 9.17. The van der Waals surface area contributed by atoms with Crippen LogP contribution in [0.1, 0.15) is 345 Å². The maximum atomic E-state index is 3.60. The molecule has 0 aliphatic rings. The first-order valence-electron chi connectivity index (χ1n) is 40.5. The molecule has 0 nitrogen and oxygen atoms in total. The van der Waals surface area contributed by atoms with Crippen LogP contribution in [0.3, 0.4) is 0 Å². The highest BCUT2D eigenvalue weighted by Crippen LogP contribution is 2.05. The molecule has 0 atom stereocenters. The van der Waals surface area contributed by atoms with Crippen LogP contribution in [0.4, 0.5) is 0 Å². The van der Waals surface area contributed by atoms with E-state index in [2.05, 4.69) is 347 Å². The van der Waals surface area contributed by atoms with E-state index >= 15 is 0 Å².